The number of benzene rings is 1. The standard InChI is InChI=1S/C15H20N2O3.ClH/c1-20-13-4-2-12(3-5-13)14(18)6-7-15(19)17-10-11-8-16-9-11;/h2-5,11,16H,6-10H2,1H3,(H,17,19);1H. The zero-order valence-electron chi connectivity index (χ0n) is 12.1. The average Bonchev–Trinajstić information content (AvgIpc) is 2.43. The second-order valence-electron chi connectivity index (χ2n) is 4.98. The van der Waals surface area contributed by atoms with Gasteiger partial charge in [0.2, 0.25) is 5.91 Å². The number of ether oxygens (including phenoxy) is 1. The molecule has 21 heavy (non-hydrogen) atoms. The van der Waals surface area contributed by atoms with E-state index in [-0.39, 0.29) is 36.9 Å². The number of ketones is 1. The first-order valence-corrected chi connectivity index (χ1v) is 6.83. The lowest BCUT2D eigenvalue weighted by Crippen LogP contribution is -2.48. The molecule has 1 aromatic carbocycles. The molecule has 0 radical (unpaired) electrons. The number of Topliss-reactive ketones (excluding diaryl/α,β-unsaturated/α-hetero) is 1. The quantitative estimate of drug-likeness (QED) is 0.747. The van der Waals surface area contributed by atoms with Crippen molar-refractivity contribution < 1.29 is 14.3 Å². The van der Waals surface area contributed by atoms with Gasteiger partial charge in [-0.3, -0.25) is 9.59 Å². The van der Waals surface area contributed by atoms with Crippen LogP contribution in [0.25, 0.3) is 0 Å². The van der Waals surface area contributed by atoms with Gasteiger partial charge in [-0.25, -0.2) is 0 Å². The summed E-state index contributed by atoms with van der Waals surface area (Å²) in [5, 5.41) is 6.01. The van der Waals surface area contributed by atoms with E-state index in [1.807, 2.05) is 0 Å². The molecule has 0 saturated carbocycles. The molecule has 0 spiro atoms. The van der Waals surface area contributed by atoms with Crippen LogP contribution in [0.5, 0.6) is 5.75 Å². The monoisotopic (exact) mass is 312 g/mol. The van der Waals surface area contributed by atoms with Crippen LogP contribution in [0.15, 0.2) is 24.3 Å². The molecular weight excluding hydrogens is 292 g/mol. The normalized spacial score (nSPS) is 13.8. The molecule has 1 heterocycles. The zero-order valence-corrected chi connectivity index (χ0v) is 12.9. The van der Waals surface area contributed by atoms with Crippen LogP contribution in [0.3, 0.4) is 0 Å². The number of halogens is 1. The topological polar surface area (TPSA) is 67.4 Å². The molecule has 1 aliphatic rings. The smallest absolute Gasteiger partial charge is 0.220 e. The molecule has 2 N–H and O–H groups in total. The van der Waals surface area contributed by atoms with Crippen LogP contribution in [-0.2, 0) is 4.79 Å². The molecule has 0 aromatic heterocycles. The van der Waals surface area contributed by atoms with Crippen LogP contribution in [0, 0.1) is 5.92 Å². The molecule has 0 aliphatic carbocycles. The van der Waals surface area contributed by atoms with E-state index in [4.69, 9.17) is 4.74 Å². The lowest BCUT2D eigenvalue weighted by atomic mass is 10.0. The number of carbonyl (C=O) groups excluding carboxylic acids is 2. The first kappa shape index (κ1) is 17.5. The predicted molar refractivity (Wildman–Crippen MR) is 83.2 cm³/mol. The summed E-state index contributed by atoms with van der Waals surface area (Å²) < 4.78 is 5.04. The van der Waals surface area contributed by atoms with Gasteiger partial charge in [-0.2, -0.15) is 0 Å². The Hall–Kier alpha value is -1.59. The maximum atomic E-state index is 11.9. The van der Waals surface area contributed by atoms with Gasteiger partial charge in [0, 0.05) is 44.0 Å². The van der Waals surface area contributed by atoms with Gasteiger partial charge in [-0.1, -0.05) is 0 Å². The first-order chi connectivity index (χ1) is 9.69. The van der Waals surface area contributed by atoms with Gasteiger partial charge in [0.15, 0.2) is 5.78 Å². The molecule has 6 heteroatoms. The molecule has 0 unspecified atom stereocenters. The third-order valence-electron chi connectivity index (χ3n) is 3.45. The van der Waals surface area contributed by atoms with Crippen molar-refractivity contribution in [3.05, 3.63) is 29.8 Å². The molecule has 0 atom stereocenters. The van der Waals surface area contributed by atoms with E-state index < -0.39 is 0 Å². The van der Waals surface area contributed by atoms with Crippen molar-refractivity contribution in [2.75, 3.05) is 26.7 Å². The second kappa shape index (κ2) is 8.64. The van der Waals surface area contributed by atoms with Crippen LogP contribution < -0.4 is 15.4 Å². The number of rotatable bonds is 7. The summed E-state index contributed by atoms with van der Waals surface area (Å²) in [5.74, 6) is 1.18. The molecule has 2 rings (SSSR count). The second-order valence-corrected chi connectivity index (χ2v) is 4.98. The number of nitrogens with one attached hydrogen (secondary N) is 2. The van der Waals surface area contributed by atoms with E-state index in [2.05, 4.69) is 10.6 Å². The van der Waals surface area contributed by atoms with Gasteiger partial charge in [-0.05, 0) is 24.3 Å². The van der Waals surface area contributed by atoms with Crippen LogP contribution in [0.4, 0.5) is 0 Å². The minimum atomic E-state index is -0.0567. The van der Waals surface area contributed by atoms with E-state index in [0.29, 0.717) is 23.8 Å². The van der Waals surface area contributed by atoms with E-state index >= 15 is 0 Å². The lowest BCUT2D eigenvalue weighted by molar-refractivity contribution is -0.121. The van der Waals surface area contributed by atoms with Crippen LogP contribution in [0.2, 0.25) is 0 Å². The summed E-state index contributed by atoms with van der Waals surface area (Å²) >= 11 is 0. The largest absolute Gasteiger partial charge is 0.497 e. The molecule has 1 aliphatic heterocycles. The minimum Gasteiger partial charge on any atom is -0.497 e. The predicted octanol–water partition coefficient (Wildman–Crippen LogP) is 1.42. The van der Waals surface area contributed by atoms with Gasteiger partial charge < -0.3 is 15.4 Å². The Bertz CT molecular complexity index is 472. The fourth-order valence-corrected chi connectivity index (χ4v) is 1.99. The van der Waals surface area contributed by atoms with Gasteiger partial charge in [-0.15, -0.1) is 12.4 Å². The summed E-state index contributed by atoms with van der Waals surface area (Å²) in [6, 6.07) is 6.94. The van der Waals surface area contributed by atoms with Gasteiger partial charge >= 0.3 is 0 Å². The van der Waals surface area contributed by atoms with Gasteiger partial charge in [0.25, 0.3) is 0 Å². The number of carbonyl (C=O) groups is 2. The summed E-state index contributed by atoms with van der Waals surface area (Å²) in [5.41, 5.74) is 0.613. The molecule has 5 nitrogen and oxygen atoms in total. The maximum Gasteiger partial charge on any atom is 0.220 e. The van der Waals surface area contributed by atoms with Crippen molar-refractivity contribution in [1.29, 1.82) is 0 Å². The third-order valence-corrected chi connectivity index (χ3v) is 3.45. The van der Waals surface area contributed by atoms with Gasteiger partial charge in [0.1, 0.15) is 5.75 Å². The highest BCUT2D eigenvalue weighted by molar-refractivity contribution is 5.98. The fourth-order valence-electron chi connectivity index (χ4n) is 1.99. The Morgan fingerprint density at radius 2 is 1.90 bits per heavy atom. The van der Waals surface area contributed by atoms with Crippen molar-refractivity contribution in [3.8, 4) is 5.75 Å². The Labute approximate surface area is 130 Å². The highest BCUT2D eigenvalue weighted by atomic mass is 35.5. The molecular formula is C15H21ClN2O3. The molecule has 1 fully saturated rings. The number of hydrogen-bond acceptors (Lipinski definition) is 4. The van der Waals surface area contributed by atoms with Crippen LogP contribution >= 0.6 is 12.4 Å². The Morgan fingerprint density at radius 1 is 1.24 bits per heavy atom. The highest BCUT2D eigenvalue weighted by Crippen LogP contribution is 2.13. The van der Waals surface area contributed by atoms with E-state index in [0.717, 1.165) is 13.1 Å². The average molecular weight is 313 g/mol. The Kier molecular flexibility index (Phi) is 7.19. The Morgan fingerprint density at radius 3 is 2.43 bits per heavy atom. The maximum absolute atomic E-state index is 11.9. The van der Waals surface area contributed by atoms with Crippen molar-refractivity contribution in [3.63, 3.8) is 0 Å². The van der Waals surface area contributed by atoms with Crippen molar-refractivity contribution in [2.45, 2.75) is 12.8 Å². The summed E-state index contributed by atoms with van der Waals surface area (Å²) in [6.45, 7) is 2.62. The van der Waals surface area contributed by atoms with E-state index in [1.165, 1.54) is 0 Å². The lowest BCUT2D eigenvalue weighted by Gasteiger charge is -2.27. The molecule has 1 saturated heterocycles. The molecule has 116 valence electrons. The van der Waals surface area contributed by atoms with Crippen LogP contribution in [-0.4, -0.2) is 38.4 Å². The van der Waals surface area contributed by atoms with Crippen molar-refractivity contribution in [2.24, 2.45) is 5.92 Å². The Balaban J connectivity index is 0.00000220. The molecule has 0 bridgehead atoms. The summed E-state index contributed by atoms with van der Waals surface area (Å²) in [6.07, 6.45) is 0.478. The van der Waals surface area contributed by atoms with Crippen molar-refractivity contribution >= 4 is 24.1 Å². The molecule has 1 amide bonds. The number of hydrogen-bond donors (Lipinski definition) is 2. The summed E-state index contributed by atoms with van der Waals surface area (Å²) in [7, 11) is 1.58. The third kappa shape index (κ3) is 5.36. The molecule has 1 aromatic rings. The number of methoxy groups -OCH3 is 1. The fraction of sp³-hybridized carbons (Fsp3) is 0.467. The minimum absolute atomic E-state index is 0. The van der Waals surface area contributed by atoms with Gasteiger partial charge in [0.05, 0.1) is 7.11 Å². The van der Waals surface area contributed by atoms with E-state index in [9.17, 15) is 9.59 Å². The highest BCUT2D eigenvalue weighted by Gasteiger charge is 2.17. The van der Waals surface area contributed by atoms with Crippen molar-refractivity contribution in [1.82, 2.24) is 10.6 Å². The first-order valence-electron chi connectivity index (χ1n) is 6.83. The van der Waals surface area contributed by atoms with Crippen LogP contribution in [0.1, 0.15) is 23.2 Å². The summed E-state index contributed by atoms with van der Waals surface area (Å²) in [4.78, 5) is 23.5. The number of amides is 1. The van der Waals surface area contributed by atoms with E-state index in [1.54, 1.807) is 31.4 Å². The SMILES string of the molecule is COc1ccc(C(=O)CCC(=O)NCC2CNC2)cc1.Cl. The zero-order chi connectivity index (χ0) is 14.4.